The van der Waals surface area contributed by atoms with Gasteiger partial charge in [0.15, 0.2) is 10.3 Å². The van der Waals surface area contributed by atoms with Gasteiger partial charge in [-0.15, -0.1) is 0 Å². The van der Waals surface area contributed by atoms with Crippen molar-refractivity contribution in [2.24, 2.45) is 0 Å². The molecule has 2 aliphatic carbocycles. The zero-order valence-electron chi connectivity index (χ0n) is 21.2. The fourth-order valence-corrected chi connectivity index (χ4v) is 7.62. The van der Waals surface area contributed by atoms with Gasteiger partial charge in [0.2, 0.25) is 0 Å². The Morgan fingerprint density at radius 3 is 1.76 bits per heavy atom. The topological polar surface area (TPSA) is 131 Å². The molecule has 204 valence electrons. The molecule has 4 atom stereocenters. The lowest BCUT2D eigenvalue weighted by atomic mass is 9.93. The van der Waals surface area contributed by atoms with Gasteiger partial charge in [-0.05, 0) is 72.8 Å². The number of nitrogens with one attached hydrogen (secondary N) is 2. The standard InChI is InChI=1S/C14H18N2O2S.C13H15BrN2O2S/c1-8-11(17)7-6-10-13(8)19-14(16-10)15-9-4-2-3-5-12(9)18;14-11-10(18)6-5-8-12(11)19-13(16-8)15-7-3-1-2-4-9(7)17/h6-7,9,12,17-18H,2-5H2,1H3,(H,15,16);5-7,9,17-18H,1-4H2,(H,15,16)/t9-,12-;7-,9-/m11/s1. The van der Waals surface area contributed by atoms with E-state index in [1.165, 1.54) is 11.3 Å². The fraction of sp³-hybridized carbons (Fsp3) is 0.481. The number of halogens is 1. The van der Waals surface area contributed by atoms with Gasteiger partial charge in [0, 0.05) is 5.56 Å². The third-order valence-corrected chi connectivity index (χ3v) is 10.5. The van der Waals surface area contributed by atoms with Crippen LogP contribution in [0.3, 0.4) is 0 Å². The number of thiazole rings is 2. The van der Waals surface area contributed by atoms with Gasteiger partial charge < -0.3 is 31.1 Å². The molecule has 2 aromatic heterocycles. The molecule has 38 heavy (non-hydrogen) atoms. The summed E-state index contributed by atoms with van der Waals surface area (Å²) < 4.78 is 2.61. The van der Waals surface area contributed by atoms with Crippen molar-refractivity contribution < 1.29 is 20.4 Å². The molecule has 2 heterocycles. The smallest absolute Gasteiger partial charge is 0.184 e. The van der Waals surface area contributed by atoms with Crippen LogP contribution in [0.15, 0.2) is 28.7 Å². The van der Waals surface area contributed by atoms with Crippen molar-refractivity contribution in [3.8, 4) is 11.5 Å². The third kappa shape index (κ3) is 6.02. The molecule has 0 bridgehead atoms. The zero-order valence-corrected chi connectivity index (χ0v) is 24.4. The molecule has 0 unspecified atom stereocenters. The van der Waals surface area contributed by atoms with Gasteiger partial charge in [-0.3, -0.25) is 0 Å². The number of nitrogens with zero attached hydrogens (tertiary/aromatic N) is 2. The van der Waals surface area contributed by atoms with E-state index in [9.17, 15) is 20.4 Å². The number of rotatable bonds is 4. The van der Waals surface area contributed by atoms with Crippen molar-refractivity contribution in [2.45, 2.75) is 82.6 Å². The lowest BCUT2D eigenvalue weighted by Crippen LogP contribution is -2.36. The van der Waals surface area contributed by atoms with E-state index in [1.807, 2.05) is 13.0 Å². The lowest BCUT2D eigenvalue weighted by Gasteiger charge is -2.27. The maximum absolute atomic E-state index is 9.98. The van der Waals surface area contributed by atoms with Crippen LogP contribution >= 0.6 is 38.6 Å². The number of phenols is 2. The number of aromatic nitrogens is 2. The Kier molecular flexibility index (Phi) is 8.59. The van der Waals surface area contributed by atoms with Crippen LogP contribution in [0, 0.1) is 6.92 Å². The van der Waals surface area contributed by atoms with Crippen LogP contribution in [-0.2, 0) is 0 Å². The molecule has 6 N–H and O–H groups in total. The summed E-state index contributed by atoms with van der Waals surface area (Å²) >= 11 is 6.41. The predicted octanol–water partition coefficient (Wildman–Crippen LogP) is 6.51. The van der Waals surface area contributed by atoms with Crippen LogP contribution in [0.1, 0.15) is 56.9 Å². The summed E-state index contributed by atoms with van der Waals surface area (Å²) in [6.07, 6.45) is 7.60. The monoisotopic (exact) mass is 620 g/mol. The summed E-state index contributed by atoms with van der Waals surface area (Å²) in [6.45, 7) is 1.90. The van der Waals surface area contributed by atoms with E-state index in [0.29, 0.717) is 10.2 Å². The molecule has 8 nitrogen and oxygen atoms in total. The van der Waals surface area contributed by atoms with Crippen LogP contribution in [0.5, 0.6) is 11.5 Å². The summed E-state index contributed by atoms with van der Waals surface area (Å²) in [7, 11) is 0. The van der Waals surface area contributed by atoms with Crippen LogP contribution < -0.4 is 10.6 Å². The molecule has 0 spiro atoms. The first-order valence-electron chi connectivity index (χ1n) is 13.1. The maximum Gasteiger partial charge on any atom is 0.184 e. The van der Waals surface area contributed by atoms with Crippen molar-refractivity contribution in [3.63, 3.8) is 0 Å². The molecule has 0 saturated heterocycles. The second-order valence-corrected chi connectivity index (χ2v) is 12.8. The van der Waals surface area contributed by atoms with Gasteiger partial charge in [0.05, 0.1) is 49.2 Å². The number of aromatic hydroxyl groups is 2. The normalized spacial score (nSPS) is 23.7. The highest BCUT2D eigenvalue weighted by Gasteiger charge is 2.25. The zero-order chi connectivity index (χ0) is 26.8. The predicted molar refractivity (Wildman–Crippen MR) is 159 cm³/mol. The largest absolute Gasteiger partial charge is 0.508 e. The van der Waals surface area contributed by atoms with Gasteiger partial charge in [0.1, 0.15) is 11.5 Å². The van der Waals surface area contributed by atoms with Crippen molar-refractivity contribution >= 4 is 69.3 Å². The molecular weight excluding hydrogens is 588 g/mol. The van der Waals surface area contributed by atoms with E-state index in [4.69, 9.17) is 0 Å². The highest BCUT2D eigenvalue weighted by atomic mass is 79.9. The highest BCUT2D eigenvalue weighted by Crippen LogP contribution is 2.38. The summed E-state index contributed by atoms with van der Waals surface area (Å²) in [5, 5.41) is 47.6. The minimum atomic E-state index is -0.294. The van der Waals surface area contributed by atoms with Gasteiger partial charge in [-0.1, -0.05) is 48.4 Å². The number of hydrogen-bond donors (Lipinski definition) is 6. The quantitative estimate of drug-likeness (QED) is 0.152. The molecule has 4 aromatic rings. The number of benzene rings is 2. The Morgan fingerprint density at radius 1 is 0.737 bits per heavy atom. The summed E-state index contributed by atoms with van der Waals surface area (Å²) in [5.41, 5.74) is 2.61. The average Bonchev–Trinajstić information content (AvgIpc) is 3.51. The number of anilines is 2. The fourth-order valence-electron chi connectivity index (χ4n) is 5.06. The van der Waals surface area contributed by atoms with Crippen molar-refractivity contribution in [2.75, 3.05) is 10.6 Å². The summed E-state index contributed by atoms with van der Waals surface area (Å²) in [4.78, 5) is 9.03. The molecule has 0 aliphatic heterocycles. The Labute approximate surface area is 237 Å². The van der Waals surface area contributed by atoms with E-state index in [1.54, 1.807) is 29.5 Å². The van der Waals surface area contributed by atoms with E-state index in [2.05, 4.69) is 36.5 Å². The molecule has 0 radical (unpaired) electrons. The average molecular weight is 622 g/mol. The van der Waals surface area contributed by atoms with E-state index in [-0.39, 0.29) is 30.0 Å². The highest BCUT2D eigenvalue weighted by molar-refractivity contribution is 9.10. The number of aliphatic hydroxyl groups excluding tert-OH is 2. The van der Waals surface area contributed by atoms with Crippen molar-refractivity contribution in [1.82, 2.24) is 9.97 Å². The molecule has 2 saturated carbocycles. The van der Waals surface area contributed by atoms with Crippen molar-refractivity contribution in [1.29, 1.82) is 0 Å². The molecule has 2 fully saturated rings. The second-order valence-electron chi connectivity index (χ2n) is 10.0. The summed E-state index contributed by atoms with van der Waals surface area (Å²) in [5.74, 6) is 0.529. The van der Waals surface area contributed by atoms with Crippen LogP contribution in [-0.4, -0.2) is 54.7 Å². The number of aryl methyl sites for hydroxylation is 1. The molecular formula is C27H33BrN4O4S2. The molecule has 2 aliphatic rings. The van der Waals surface area contributed by atoms with Gasteiger partial charge in [-0.2, -0.15) is 0 Å². The Bertz CT molecular complexity index is 1310. The van der Waals surface area contributed by atoms with Gasteiger partial charge >= 0.3 is 0 Å². The second kappa shape index (κ2) is 11.9. The van der Waals surface area contributed by atoms with Crippen LogP contribution in [0.4, 0.5) is 10.3 Å². The minimum absolute atomic E-state index is 0.0849. The first kappa shape index (κ1) is 27.4. The van der Waals surface area contributed by atoms with Crippen LogP contribution in [0.25, 0.3) is 20.4 Å². The Balaban J connectivity index is 0.000000155. The maximum atomic E-state index is 9.98. The first-order valence-corrected chi connectivity index (χ1v) is 15.5. The van der Waals surface area contributed by atoms with E-state index in [0.717, 1.165) is 87.6 Å². The molecule has 11 heteroatoms. The van der Waals surface area contributed by atoms with E-state index >= 15 is 0 Å². The number of hydrogen-bond acceptors (Lipinski definition) is 10. The number of fused-ring (bicyclic) bond motifs is 2. The summed E-state index contributed by atoms with van der Waals surface area (Å²) in [6, 6.07) is 7.12. The van der Waals surface area contributed by atoms with E-state index < -0.39 is 0 Å². The Morgan fingerprint density at radius 2 is 1.21 bits per heavy atom. The molecule has 0 amide bonds. The number of aliphatic hydroxyl groups is 2. The van der Waals surface area contributed by atoms with Gasteiger partial charge in [-0.25, -0.2) is 9.97 Å². The first-order chi connectivity index (χ1) is 18.3. The van der Waals surface area contributed by atoms with Crippen LogP contribution in [0.2, 0.25) is 0 Å². The number of phenolic OH excluding ortho intramolecular Hbond substituents is 2. The third-order valence-electron chi connectivity index (χ3n) is 7.33. The lowest BCUT2D eigenvalue weighted by molar-refractivity contribution is 0.116. The van der Waals surface area contributed by atoms with Gasteiger partial charge in [0.25, 0.3) is 0 Å². The minimum Gasteiger partial charge on any atom is -0.508 e. The molecule has 6 rings (SSSR count). The molecule has 2 aromatic carbocycles. The van der Waals surface area contributed by atoms with Crippen molar-refractivity contribution in [3.05, 3.63) is 34.3 Å². The SMILES string of the molecule is Cc1c(O)ccc2nc(N[C@@H]3CCCC[C@H]3O)sc12.Oc1ccc2nc(N[C@@H]3CCCC[C@H]3O)sc2c1Br. The Hall–Kier alpha value is -2.18.